The molecule has 1 saturated carbocycles. The molecule has 2 atom stereocenters. The van der Waals surface area contributed by atoms with Crippen LogP contribution in [0.5, 0.6) is 0 Å². The fraction of sp³-hybridized carbons (Fsp3) is 0.773. The molecule has 0 amide bonds. The van der Waals surface area contributed by atoms with Crippen LogP contribution in [-0.4, -0.2) is 25.8 Å². The van der Waals surface area contributed by atoms with Crippen LogP contribution >= 0.6 is 0 Å². The van der Waals surface area contributed by atoms with Gasteiger partial charge in [-0.15, -0.1) is 0 Å². The third kappa shape index (κ3) is 3.72. The molecule has 3 nitrogen and oxygen atoms in total. The minimum Gasteiger partial charge on any atom is -0.466 e. The largest absolute Gasteiger partial charge is 0.466 e. The van der Waals surface area contributed by atoms with Gasteiger partial charge >= 0.3 is 5.97 Å². The van der Waals surface area contributed by atoms with E-state index in [2.05, 4.69) is 13.8 Å². The smallest absolute Gasteiger partial charge is 0.334 e. The summed E-state index contributed by atoms with van der Waals surface area (Å²) in [6, 6.07) is 0. The molecular weight excluding hydrogens is 312 g/mol. The molecule has 140 valence electrons. The Morgan fingerprint density at radius 3 is 2.40 bits per heavy atom. The third-order valence-corrected chi connectivity index (χ3v) is 6.37. The van der Waals surface area contributed by atoms with Gasteiger partial charge in [-0.2, -0.15) is 0 Å². The number of hydrogen-bond acceptors (Lipinski definition) is 3. The first kappa shape index (κ1) is 18.7. The Bertz CT molecular complexity index is 544. The average molecular weight is 347 g/mol. The van der Waals surface area contributed by atoms with Crippen LogP contribution in [0, 0.1) is 11.8 Å². The number of allylic oxidation sites excluding steroid dienone is 1. The molecule has 1 saturated heterocycles. The van der Waals surface area contributed by atoms with E-state index in [1.807, 2.05) is 0 Å². The number of methoxy groups -OCH3 is 1. The number of ether oxygens (including phenoxy) is 2. The molecule has 2 aliphatic carbocycles. The van der Waals surface area contributed by atoms with Gasteiger partial charge in [-0.1, -0.05) is 57.1 Å². The average Bonchev–Trinajstić information content (AvgIpc) is 3.22. The first-order chi connectivity index (χ1) is 12.2. The van der Waals surface area contributed by atoms with Gasteiger partial charge in [0.25, 0.3) is 0 Å². The van der Waals surface area contributed by atoms with Crippen molar-refractivity contribution in [1.29, 1.82) is 0 Å². The van der Waals surface area contributed by atoms with E-state index in [1.54, 1.807) is 5.57 Å². The zero-order valence-corrected chi connectivity index (χ0v) is 16.2. The summed E-state index contributed by atoms with van der Waals surface area (Å²) in [5.74, 6) is 0.869. The lowest BCUT2D eigenvalue weighted by atomic mass is 9.77. The summed E-state index contributed by atoms with van der Waals surface area (Å²) in [4.78, 5) is 12.4. The van der Waals surface area contributed by atoms with Crippen LogP contribution < -0.4 is 0 Å². The first-order valence-corrected chi connectivity index (χ1v) is 10.3. The summed E-state index contributed by atoms with van der Waals surface area (Å²) < 4.78 is 11.4. The van der Waals surface area contributed by atoms with Crippen LogP contribution in [0.4, 0.5) is 0 Å². The third-order valence-electron chi connectivity index (χ3n) is 6.37. The molecule has 0 aromatic carbocycles. The minimum absolute atomic E-state index is 0.143. The summed E-state index contributed by atoms with van der Waals surface area (Å²) in [6.45, 7) is 5.14. The fourth-order valence-corrected chi connectivity index (χ4v) is 5.26. The highest BCUT2D eigenvalue weighted by Gasteiger charge is 2.47. The molecule has 2 fully saturated rings. The number of rotatable bonds is 6. The van der Waals surface area contributed by atoms with Gasteiger partial charge in [0.2, 0.25) is 0 Å². The molecule has 0 bridgehead atoms. The van der Waals surface area contributed by atoms with Crippen LogP contribution in [0.25, 0.3) is 0 Å². The predicted octanol–water partition coefficient (Wildman–Crippen LogP) is 5.35. The molecule has 1 heterocycles. The van der Waals surface area contributed by atoms with Crippen molar-refractivity contribution < 1.29 is 14.3 Å². The van der Waals surface area contributed by atoms with Crippen molar-refractivity contribution in [3.05, 3.63) is 22.3 Å². The molecule has 3 heteroatoms. The van der Waals surface area contributed by atoms with E-state index >= 15 is 0 Å². The summed E-state index contributed by atoms with van der Waals surface area (Å²) in [7, 11) is 1.50. The molecule has 3 rings (SSSR count). The molecule has 1 aliphatic heterocycles. The second-order valence-electron chi connectivity index (χ2n) is 7.95. The van der Waals surface area contributed by atoms with Crippen molar-refractivity contribution in [2.45, 2.75) is 84.2 Å². The van der Waals surface area contributed by atoms with E-state index in [9.17, 15) is 4.79 Å². The molecule has 3 aliphatic rings. The Hall–Kier alpha value is -1.09. The number of fused-ring (bicyclic) bond motifs is 1. The second kappa shape index (κ2) is 8.53. The first-order valence-electron chi connectivity index (χ1n) is 10.3. The van der Waals surface area contributed by atoms with E-state index in [-0.39, 0.29) is 12.1 Å². The van der Waals surface area contributed by atoms with Gasteiger partial charge < -0.3 is 9.47 Å². The van der Waals surface area contributed by atoms with Crippen molar-refractivity contribution in [2.24, 2.45) is 11.8 Å². The van der Waals surface area contributed by atoms with E-state index in [0.29, 0.717) is 18.4 Å². The van der Waals surface area contributed by atoms with Crippen LogP contribution in [0.2, 0.25) is 0 Å². The zero-order chi connectivity index (χ0) is 17.8. The Morgan fingerprint density at radius 1 is 1.12 bits per heavy atom. The molecular formula is C22H34O3. The van der Waals surface area contributed by atoms with E-state index in [1.165, 1.54) is 63.2 Å². The van der Waals surface area contributed by atoms with E-state index in [4.69, 9.17) is 9.47 Å². The number of esters is 1. The van der Waals surface area contributed by atoms with Gasteiger partial charge in [-0.05, 0) is 37.2 Å². The summed E-state index contributed by atoms with van der Waals surface area (Å²) >= 11 is 0. The van der Waals surface area contributed by atoms with Crippen molar-refractivity contribution in [2.75, 3.05) is 13.7 Å². The lowest BCUT2D eigenvalue weighted by molar-refractivity contribution is -0.136. The standard InChI is InChI=1S/C22H34O3/c1-4-9-15(10-5-2)17-13-18(22(23)24-3)19-14-25-21(20(17)19)16-11-7-6-8-12-16/h16,20-21H,4-14H2,1-3H3/t20-,21+/m0/s1. The number of carbonyl (C=O) groups excluding carboxylic acids is 1. The normalized spacial score (nSPS) is 26.9. The zero-order valence-electron chi connectivity index (χ0n) is 16.2. The van der Waals surface area contributed by atoms with Gasteiger partial charge in [0.15, 0.2) is 0 Å². The second-order valence-corrected chi connectivity index (χ2v) is 7.95. The number of carbonyl (C=O) groups is 1. The highest BCUT2D eigenvalue weighted by Crippen LogP contribution is 2.50. The lowest BCUT2D eigenvalue weighted by Crippen LogP contribution is -2.29. The SMILES string of the molecule is CCCC(CCC)=C1CC(C(=O)OC)=C2CO[C@H](C3CCCCC3)[C@@H]12. The van der Waals surface area contributed by atoms with Gasteiger partial charge in [0.05, 0.1) is 19.8 Å². The molecule has 0 aromatic heterocycles. The number of hydrogen-bond donors (Lipinski definition) is 0. The van der Waals surface area contributed by atoms with Gasteiger partial charge in [0.1, 0.15) is 0 Å². The summed E-state index contributed by atoms with van der Waals surface area (Å²) in [6.07, 6.45) is 12.3. The quantitative estimate of drug-likeness (QED) is 0.480. The lowest BCUT2D eigenvalue weighted by Gasteiger charge is -2.31. The molecule has 0 N–H and O–H groups in total. The predicted molar refractivity (Wildman–Crippen MR) is 100 cm³/mol. The van der Waals surface area contributed by atoms with Gasteiger partial charge in [-0.3, -0.25) is 0 Å². The van der Waals surface area contributed by atoms with Crippen molar-refractivity contribution in [1.82, 2.24) is 0 Å². The highest BCUT2D eigenvalue weighted by atomic mass is 16.5. The van der Waals surface area contributed by atoms with Gasteiger partial charge in [0, 0.05) is 17.9 Å². The molecule has 0 unspecified atom stereocenters. The molecule has 25 heavy (non-hydrogen) atoms. The Labute approximate surface area is 152 Å². The monoisotopic (exact) mass is 346 g/mol. The minimum atomic E-state index is -0.143. The van der Waals surface area contributed by atoms with Crippen molar-refractivity contribution >= 4 is 5.97 Å². The summed E-state index contributed by atoms with van der Waals surface area (Å²) in [5.41, 5.74) is 5.22. The molecule has 0 aromatic rings. The Kier molecular flexibility index (Phi) is 6.38. The Morgan fingerprint density at radius 2 is 1.80 bits per heavy atom. The van der Waals surface area contributed by atoms with Crippen LogP contribution in [0.1, 0.15) is 78.1 Å². The highest BCUT2D eigenvalue weighted by molar-refractivity contribution is 5.91. The molecule has 0 spiro atoms. The maximum absolute atomic E-state index is 12.4. The summed E-state index contributed by atoms with van der Waals surface area (Å²) in [5, 5.41) is 0. The molecule has 0 radical (unpaired) electrons. The Balaban J connectivity index is 1.96. The van der Waals surface area contributed by atoms with Gasteiger partial charge in [-0.25, -0.2) is 4.79 Å². The van der Waals surface area contributed by atoms with Crippen LogP contribution in [-0.2, 0) is 14.3 Å². The van der Waals surface area contributed by atoms with Crippen LogP contribution in [0.3, 0.4) is 0 Å². The van der Waals surface area contributed by atoms with E-state index in [0.717, 1.165) is 24.8 Å². The maximum atomic E-state index is 12.4. The maximum Gasteiger partial charge on any atom is 0.334 e. The topological polar surface area (TPSA) is 35.5 Å². The van der Waals surface area contributed by atoms with Crippen molar-refractivity contribution in [3.63, 3.8) is 0 Å². The van der Waals surface area contributed by atoms with Crippen LogP contribution in [0.15, 0.2) is 22.3 Å². The van der Waals surface area contributed by atoms with Crippen molar-refractivity contribution in [3.8, 4) is 0 Å². The van der Waals surface area contributed by atoms with E-state index < -0.39 is 0 Å². The fourth-order valence-electron chi connectivity index (χ4n) is 5.26.